The number of rotatable bonds is 5. The second kappa shape index (κ2) is 6.86. The molecule has 8 nitrogen and oxygen atoms in total. The number of ketones is 1. The lowest BCUT2D eigenvalue weighted by Gasteiger charge is -2.06. The highest BCUT2D eigenvalue weighted by Gasteiger charge is 2.24. The van der Waals surface area contributed by atoms with E-state index in [9.17, 15) is 14.4 Å². The smallest absolute Gasteiger partial charge is 0.342 e. The molecule has 0 saturated heterocycles. The Bertz CT molecular complexity index is 1120. The molecule has 0 fully saturated rings. The molecule has 0 radical (unpaired) electrons. The molecule has 3 heterocycles. The minimum Gasteiger partial charge on any atom is -0.462 e. The Balaban J connectivity index is 2.05. The first-order chi connectivity index (χ1) is 12.8. The monoisotopic (exact) mass is 371 g/mol. The molecule has 0 aliphatic carbocycles. The Kier molecular flexibility index (Phi) is 4.73. The van der Waals surface area contributed by atoms with Crippen LogP contribution in [0.1, 0.15) is 44.8 Å². The minimum absolute atomic E-state index is 0.0298. The molecule has 3 rings (SSSR count). The fourth-order valence-electron chi connectivity index (χ4n) is 3.08. The summed E-state index contributed by atoms with van der Waals surface area (Å²) in [5, 5.41) is 0.0298. The lowest BCUT2D eigenvalue weighted by Crippen LogP contribution is -2.25. The maximum atomic E-state index is 12.9. The Morgan fingerprint density at radius 1 is 1.26 bits per heavy atom. The number of fused-ring (bicyclic) bond motifs is 1. The molecule has 0 bridgehead atoms. The van der Waals surface area contributed by atoms with Crippen LogP contribution in [-0.4, -0.2) is 32.5 Å². The van der Waals surface area contributed by atoms with E-state index >= 15 is 0 Å². The second-order valence-corrected chi connectivity index (χ2v) is 6.38. The predicted octanol–water partition coefficient (Wildman–Crippen LogP) is 2.31. The van der Waals surface area contributed by atoms with E-state index in [2.05, 4.69) is 4.98 Å². The Labute approximate surface area is 155 Å². The van der Waals surface area contributed by atoms with Gasteiger partial charge in [-0.25, -0.2) is 9.78 Å². The number of Topliss-reactive ketones (excluding diaryl/α,β-unsaturated/α-hetero) is 1. The van der Waals surface area contributed by atoms with Crippen LogP contribution in [-0.2, 0) is 18.3 Å². The molecular formula is C19H21N3O5. The Morgan fingerprint density at radius 2 is 1.96 bits per heavy atom. The Morgan fingerprint density at radius 3 is 2.56 bits per heavy atom. The lowest BCUT2D eigenvalue weighted by molar-refractivity contribution is 0.0526. The number of furan rings is 1. The van der Waals surface area contributed by atoms with Crippen molar-refractivity contribution in [2.75, 3.05) is 6.61 Å². The zero-order chi connectivity index (χ0) is 19.9. The van der Waals surface area contributed by atoms with Crippen LogP contribution in [0.2, 0.25) is 0 Å². The lowest BCUT2D eigenvalue weighted by atomic mass is 10.1. The molecule has 3 aromatic heterocycles. The highest BCUT2D eigenvalue weighted by Crippen LogP contribution is 2.22. The van der Waals surface area contributed by atoms with Crippen molar-refractivity contribution in [1.29, 1.82) is 0 Å². The van der Waals surface area contributed by atoms with Crippen LogP contribution in [0.15, 0.2) is 21.6 Å². The molecule has 0 saturated carbocycles. The van der Waals surface area contributed by atoms with Crippen LogP contribution >= 0.6 is 0 Å². The number of carbonyl (C=O) groups excluding carboxylic acids is 2. The fraction of sp³-hybridized carbons (Fsp3) is 0.368. The van der Waals surface area contributed by atoms with E-state index in [0.29, 0.717) is 5.56 Å². The van der Waals surface area contributed by atoms with Crippen LogP contribution in [0.25, 0.3) is 11.1 Å². The normalized spacial score (nSPS) is 11.1. The number of nitrogens with zero attached hydrogens (tertiary/aromatic N) is 3. The maximum absolute atomic E-state index is 12.9. The summed E-state index contributed by atoms with van der Waals surface area (Å²) in [7, 11) is 1.88. The summed E-state index contributed by atoms with van der Waals surface area (Å²) in [6.45, 7) is 6.99. The summed E-state index contributed by atoms with van der Waals surface area (Å²) in [6.07, 6.45) is 1.26. The third-order valence-electron chi connectivity index (χ3n) is 4.72. The number of carbonyl (C=O) groups is 2. The average molecular weight is 371 g/mol. The Hall–Kier alpha value is -3.16. The van der Waals surface area contributed by atoms with Crippen LogP contribution in [0, 0.1) is 20.8 Å². The van der Waals surface area contributed by atoms with Gasteiger partial charge in [0.15, 0.2) is 5.78 Å². The molecule has 27 heavy (non-hydrogen) atoms. The average Bonchev–Trinajstić information content (AvgIpc) is 3.09. The zero-order valence-electron chi connectivity index (χ0n) is 16.0. The summed E-state index contributed by atoms with van der Waals surface area (Å²) in [5.41, 5.74) is 1.92. The van der Waals surface area contributed by atoms with E-state index in [0.717, 1.165) is 11.4 Å². The molecular weight excluding hydrogens is 350 g/mol. The molecule has 3 aromatic rings. The van der Waals surface area contributed by atoms with Gasteiger partial charge in [0.2, 0.25) is 5.71 Å². The third kappa shape index (κ3) is 3.07. The van der Waals surface area contributed by atoms with Crippen LogP contribution in [0.3, 0.4) is 0 Å². The molecule has 8 heteroatoms. The van der Waals surface area contributed by atoms with Gasteiger partial charge >= 0.3 is 5.97 Å². The SMILES string of the molecule is CCOC(=O)c1c(C)oc2ncn(CC(=O)c3cc(C)n(C)c3C)c(=O)c12. The van der Waals surface area contributed by atoms with Gasteiger partial charge in [0, 0.05) is 24.0 Å². The van der Waals surface area contributed by atoms with Gasteiger partial charge < -0.3 is 13.7 Å². The molecule has 0 atom stereocenters. The molecule has 0 amide bonds. The third-order valence-corrected chi connectivity index (χ3v) is 4.72. The van der Waals surface area contributed by atoms with Crippen molar-refractivity contribution in [3.8, 4) is 0 Å². The second-order valence-electron chi connectivity index (χ2n) is 6.38. The van der Waals surface area contributed by atoms with Crippen LogP contribution in [0.5, 0.6) is 0 Å². The van der Waals surface area contributed by atoms with E-state index < -0.39 is 11.5 Å². The quantitative estimate of drug-likeness (QED) is 0.504. The summed E-state index contributed by atoms with van der Waals surface area (Å²) in [5.74, 6) is -0.602. The zero-order valence-corrected chi connectivity index (χ0v) is 16.0. The highest BCUT2D eigenvalue weighted by molar-refractivity contribution is 6.03. The summed E-state index contributed by atoms with van der Waals surface area (Å²) < 4.78 is 13.5. The molecule has 0 aliphatic rings. The maximum Gasteiger partial charge on any atom is 0.342 e. The van der Waals surface area contributed by atoms with Crippen LogP contribution < -0.4 is 5.56 Å². The van der Waals surface area contributed by atoms with Crippen molar-refractivity contribution in [3.05, 3.63) is 51.0 Å². The molecule has 0 aliphatic heterocycles. The fourth-order valence-corrected chi connectivity index (χ4v) is 3.08. The number of hydrogen-bond donors (Lipinski definition) is 0. The van der Waals surface area contributed by atoms with Crippen molar-refractivity contribution >= 4 is 22.9 Å². The van der Waals surface area contributed by atoms with E-state index in [1.165, 1.54) is 10.9 Å². The van der Waals surface area contributed by atoms with Gasteiger partial charge in [-0.3, -0.25) is 14.2 Å². The number of hydrogen-bond acceptors (Lipinski definition) is 6. The van der Waals surface area contributed by atoms with Crippen molar-refractivity contribution in [3.63, 3.8) is 0 Å². The van der Waals surface area contributed by atoms with Crippen molar-refractivity contribution in [2.24, 2.45) is 7.05 Å². The number of ether oxygens (including phenoxy) is 1. The summed E-state index contributed by atoms with van der Waals surface area (Å²) in [6, 6.07) is 1.79. The summed E-state index contributed by atoms with van der Waals surface area (Å²) in [4.78, 5) is 41.9. The van der Waals surface area contributed by atoms with Gasteiger partial charge in [-0.05, 0) is 33.8 Å². The van der Waals surface area contributed by atoms with Gasteiger partial charge in [0.1, 0.15) is 23.0 Å². The first-order valence-electron chi connectivity index (χ1n) is 8.58. The number of aromatic nitrogens is 3. The van der Waals surface area contributed by atoms with Gasteiger partial charge in [-0.15, -0.1) is 0 Å². The standard InChI is InChI=1S/C19H21N3O5/c1-6-26-19(25)15-12(4)27-17-16(15)18(24)22(9-20-17)8-14(23)13-7-10(2)21(5)11(13)3/h7,9H,6,8H2,1-5H3. The number of aryl methyl sites for hydroxylation is 2. The molecule has 0 N–H and O–H groups in total. The highest BCUT2D eigenvalue weighted by atomic mass is 16.5. The summed E-state index contributed by atoms with van der Waals surface area (Å²) >= 11 is 0. The first kappa shape index (κ1) is 18.6. The van der Waals surface area contributed by atoms with Crippen molar-refractivity contribution in [2.45, 2.75) is 34.2 Å². The van der Waals surface area contributed by atoms with E-state index in [-0.39, 0.29) is 41.4 Å². The van der Waals surface area contributed by atoms with Gasteiger partial charge in [0.05, 0.1) is 13.2 Å². The predicted molar refractivity (Wildman–Crippen MR) is 98.2 cm³/mol. The van der Waals surface area contributed by atoms with E-state index in [4.69, 9.17) is 9.15 Å². The first-order valence-corrected chi connectivity index (χ1v) is 8.58. The van der Waals surface area contributed by atoms with E-state index in [1.807, 2.05) is 25.5 Å². The topological polar surface area (TPSA) is 96.3 Å². The van der Waals surface area contributed by atoms with Crippen LogP contribution in [0.4, 0.5) is 0 Å². The van der Waals surface area contributed by atoms with Gasteiger partial charge in [0.25, 0.3) is 5.56 Å². The molecule has 142 valence electrons. The number of esters is 1. The van der Waals surface area contributed by atoms with Gasteiger partial charge in [-0.2, -0.15) is 0 Å². The van der Waals surface area contributed by atoms with E-state index in [1.54, 1.807) is 19.9 Å². The van der Waals surface area contributed by atoms with Gasteiger partial charge in [-0.1, -0.05) is 0 Å². The van der Waals surface area contributed by atoms with Crippen molar-refractivity contribution in [1.82, 2.24) is 14.1 Å². The molecule has 0 aromatic carbocycles. The molecule has 0 spiro atoms. The minimum atomic E-state index is -0.647. The largest absolute Gasteiger partial charge is 0.462 e. The molecule has 0 unspecified atom stereocenters. The van der Waals surface area contributed by atoms with Crippen molar-refractivity contribution < 1.29 is 18.7 Å².